The molecule has 1 heterocycles. The molecule has 0 radical (unpaired) electrons. The van der Waals surface area contributed by atoms with Gasteiger partial charge >= 0.3 is 12.1 Å². The smallest absolute Gasteiger partial charge is 0.416 e. The summed E-state index contributed by atoms with van der Waals surface area (Å²) in [6, 6.07) is 5.19. The summed E-state index contributed by atoms with van der Waals surface area (Å²) in [5.74, 6) is -0.871. The van der Waals surface area contributed by atoms with Crippen molar-refractivity contribution in [2.24, 2.45) is 0 Å². The number of alkyl halides is 3. The van der Waals surface area contributed by atoms with Gasteiger partial charge in [0.2, 0.25) is 0 Å². The lowest BCUT2D eigenvalue weighted by atomic mass is 10.0. The lowest BCUT2D eigenvalue weighted by Crippen LogP contribution is -2.35. The van der Waals surface area contributed by atoms with Gasteiger partial charge in [0.1, 0.15) is 0 Å². The summed E-state index contributed by atoms with van der Waals surface area (Å²) in [7, 11) is 0. The van der Waals surface area contributed by atoms with Crippen molar-refractivity contribution < 1.29 is 23.1 Å². The van der Waals surface area contributed by atoms with Gasteiger partial charge in [-0.1, -0.05) is 12.1 Å². The average Bonchev–Trinajstić information content (AvgIpc) is 2.75. The first-order chi connectivity index (χ1) is 9.36. The molecule has 1 aliphatic rings. The molecular formula is C14H16F3NO2. The van der Waals surface area contributed by atoms with Crippen LogP contribution in [0.3, 0.4) is 0 Å². The number of hydrogen-bond acceptors (Lipinski definition) is 2. The van der Waals surface area contributed by atoms with E-state index in [2.05, 4.69) is 0 Å². The number of rotatable bonds is 4. The average molecular weight is 287 g/mol. The topological polar surface area (TPSA) is 40.5 Å². The molecule has 1 saturated heterocycles. The van der Waals surface area contributed by atoms with Gasteiger partial charge in [-0.3, -0.25) is 9.69 Å². The van der Waals surface area contributed by atoms with E-state index in [-0.39, 0.29) is 12.6 Å². The molecule has 0 spiro atoms. The van der Waals surface area contributed by atoms with Crippen LogP contribution in [0.5, 0.6) is 0 Å². The highest BCUT2D eigenvalue weighted by Gasteiger charge is 2.30. The number of carbonyl (C=O) groups is 1. The predicted molar refractivity (Wildman–Crippen MR) is 67.4 cm³/mol. The second kappa shape index (κ2) is 5.83. The molecule has 3 nitrogen and oxygen atoms in total. The van der Waals surface area contributed by atoms with Crippen molar-refractivity contribution in [1.82, 2.24) is 4.90 Å². The van der Waals surface area contributed by atoms with Crippen molar-refractivity contribution in [3.8, 4) is 0 Å². The number of hydrogen-bond donors (Lipinski definition) is 1. The molecule has 0 aromatic heterocycles. The summed E-state index contributed by atoms with van der Waals surface area (Å²) < 4.78 is 37.4. The van der Waals surface area contributed by atoms with Gasteiger partial charge in [-0.25, -0.2) is 0 Å². The molecule has 1 fully saturated rings. The second-order valence-electron chi connectivity index (χ2n) is 5.06. The van der Waals surface area contributed by atoms with E-state index in [4.69, 9.17) is 5.11 Å². The van der Waals surface area contributed by atoms with Crippen LogP contribution >= 0.6 is 0 Å². The van der Waals surface area contributed by atoms with E-state index >= 15 is 0 Å². The van der Waals surface area contributed by atoms with Crippen LogP contribution in [0.25, 0.3) is 0 Å². The Hall–Kier alpha value is -1.56. The molecule has 20 heavy (non-hydrogen) atoms. The van der Waals surface area contributed by atoms with E-state index < -0.39 is 17.7 Å². The van der Waals surface area contributed by atoms with Gasteiger partial charge in [0.15, 0.2) is 0 Å². The van der Waals surface area contributed by atoms with E-state index in [1.165, 1.54) is 12.1 Å². The van der Waals surface area contributed by atoms with E-state index in [1.807, 2.05) is 4.90 Å². The third kappa shape index (κ3) is 3.72. The first-order valence-electron chi connectivity index (χ1n) is 6.48. The van der Waals surface area contributed by atoms with Gasteiger partial charge in [0.05, 0.1) is 12.1 Å². The summed E-state index contributed by atoms with van der Waals surface area (Å²) in [5.41, 5.74) is 0.148. The van der Waals surface area contributed by atoms with Gasteiger partial charge in [0, 0.05) is 6.04 Å². The zero-order valence-electron chi connectivity index (χ0n) is 10.9. The molecule has 6 heteroatoms. The number of carboxylic acids is 1. The summed E-state index contributed by atoms with van der Waals surface area (Å²) >= 11 is 0. The highest BCUT2D eigenvalue weighted by molar-refractivity contribution is 5.69. The summed E-state index contributed by atoms with van der Waals surface area (Å²) in [6.07, 6.45) is -1.92. The number of aliphatic carboxylic acids is 1. The Morgan fingerprint density at radius 3 is 2.50 bits per heavy atom. The Labute approximate surface area is 115 Å². The van der Waals surface area contributed by atoms with Crippen molar-refractivity contribution in [1.29, 1.82) is 0 Å². The van der Waals surface area contributed by atoms with Crippen LogP contribution in [-0.4, -0.2) is 35.1 Å². The normalized spacial score (nSPS) is 20.2. The molecule has 110 valence electrons. The number of likely N-dealkylation sites (tertiary alicyclic amines) is 1. The third-order valence-corrected chi connectivity index (χ3v) is 3.59. The minimum absolute atomic E-state index is 0.00863. The first-order valence-corrected chi connectivity index (χ1v) is 6.48. The van der Waals surface area contributed by atoms with Crippen LogP contribution < -0.4 is 0 Å². The molecule has 1 N–H and O–H groups in total. The number of halogens is 3. The monoisotopic (exact) mass is 287 g/mol. The molecule has 1 atom stereocenters. The molecule has 0 saturated carbocycles. The molecule has 1 aliphatic heterocycles. The van der Waals surface area contributed by atoms with Crippen LogP contribution in [-0.2, 0) is 17.4 Å². The molecule has 1 aromatic carbocycles. The fourth-order valence-electron chi connectivity index (χ4n) is 2.61. The standard InChI is InChI=1S/C14H16F3NO2/c15-14(16,17)11-5-3-10(4-6-11)8-12-2-1-7-18(12)9-13(19)20/h3-6,12H,1-2,7-9H2,(H,19,20). The van der Waals surface area contributed by atoms with Crippen LogP contribution in [0, 0.1) is 0 Å². The summed E-state index contributed by atoms with van der Waals surface area (Å²) in [5, 5.41) is 8.82. The molecule has 2 rings (SSSR count). The van der Waals surface area contributed by atoms with Gasteiger partial charge < -0.3 is 5.11 Å². The Morgan fingerprint density at radius 1 is 1.30 bits per heavy atom. The lowest BCUT2D eigenvalue weighted by molar-refractivity contribution is -0.139. The van der Waals surface area contributed by atoms with Crippen LogP contribution in [0.1, 0.15) is 24.0 Å². The van der Waals surface area contributed by atoms with Crippen molar-refractivity contribution in [3.05, 3.63) is 35.4 Å². The maximum Gasteiger partial charge on any atom is 0.416 e. The SMILES string of the molecule is O=C(O)CN1CCCC1Cc1ccc(C(F)(F)F)cc1. The zero-order chi connectivity index (χ0) is 14.8. The maximum absolute atomic E-state index is 12.5. The summed E-state index contributed by atoms with van der Waals surface area (Å²) in [4.78, 5) is 12.6. The van der Waals surface area contributed by atoms with E-state index in [0.29, 0.717) is 6.42 Å². The van der Waals surface area contributed by atoms with E-state index in [1.54, 1.807) is 0 Å². The van der Waals surface area contributed by atoms with Crippen molar-refractivity contribution >= 4 is 5.97 Å². The maximum atomic E-state index is 12.5. The highest BCUT2D eigenvalue weighted by atomic mass is 19.4. The van der Waals surface area contributed by atoms with Crippen LogP contribution in [0.15, 0.2) is 24.3 Å². The Kier molecular flexibility index (Phi) is 4.32. The first kappa shape index (κ1) is 14.8. The Bertz CT molecular complexity index is 470. The van der Waals surface area contributed by atoms with Crippen molar-refractivity contribution in [2.45, 2.75) is 31.5 Å². The molecule has 0 aliphatic carbocycles. The quantitative estimate of drug-likeness (QED) is 0.925. The second-order valence-corrected chi connectivity index (χ2v) is 5.06. The van der Waals surface area contributed by atoms with Gasteiger partial charge in [-0.15, -0.1) is 0 Å². The highest BCUT2D eigenvalue weighted by Crippen LogP contribution is 2.29. The summed E-state index contributed by atoms with van der Waals surface area (Å²) in [6.45, 7) is 0.725. The third-order valence-electron chi connectivity index (χ3n) is 3.59. The minimum atomic E-state index is -4.32. The zero-order valence-corrected chi connectivity index (χ0v) is 10.9. The number of nitrogens with zero attached hydrogens (tertiary/aromatic N) is 1. The molecule has 0 amide bonds. The lowest BCUT2D eigenvalue weighted by Gasteiger charge is -2.22. The van der Waals surface area contributed by atoms with Crippen LogP contribution in [0.4, 0.5) is 13.2 Å². The van der Waals surface area contributed by atoms with Gasteiger partial charge in [-0.05, 0) is 43.5 Å². The Balaban J connectivity index is 2.01. The Morgan fingerprint density at radius 2 is 1.95 bits per heavy atom. The van der Waals surface area contributed by atoms with E-state index in [0.717, 1.165) is 37.1 Å². The molecule has 1 aromatic rings. The minimum Gasteiger partial charge on any atom is -0.480 e. The van der Waals surface area contributed by atoms with Gasteiger partial charge in [-0.2, -0.15) is 13.2 Å². The molecule has 1 unspecified atom stereocenters. The van der Waals surface area contributed by atoms with Crippen molar-refractivity contribution in [3.63, 3.8) is 0 Å². The van der Waals surface area contributed by atoms with Crippen LogP contribution in [0.2, 0.25) is 0 Å². The number of carboxylic acid groups (broad SMARTS) is 1. The molecular weight excluding hydrogens is 271 g/mol. The fourth-order valence-corrected chi connectivity index (χ4v) is 2.61. The largest absolute Gasteiger partial charge is 0.480 e. The van der Waals surface area contributed by atoms with E-state index in [9.17, 15) is 18.0 Å². The predicted octanol–water partition coefficient (Wildman–Crippen LogP) is 2.80. The molecule has 0 bridgehead atoms. The fraction of sp³-hybridized carbons (Fsp3) is 0.500. The van der Waals surface area contributed by atoms with Crippen molar-refractivity contribution in [2.75, 3.05) is 13.1 Å². The number of benzene rings is 1. The van der Waals surface area contributed by atoms with Gasteiger partial charge in [0.25, 0.3) is 0 Å².